The highest BCUT2D eigenvalue weighted by Gasteiger charge is 2.60. The summed E-state index contributed by atoms with van der Waals surface area (Å²) in [7, 11) is 0. The topological polar surface area (TPSA) is 3.24 Å². The van der Waals surface area contributed by atoms with Gasteiger partial charge in [0, 0.05) is 18.8 Å². The van der Waals surface area contributed by atoms with E-state index < -0.39 is 0 Å². The van der Waals surface area contributed by atoms with Crippen LogP contribution in [-0.4, -0.2) is 18.0 Å². The summed E-state index contributed by atoms with van der Waals surface area (Å²) >= 11 is 0. The molecule has 0 N–H and O–H groups in total. The summed E-state index contributed by atoms with van der Waals surface area (Å²) in [4.78, 5) is 2.74. The Morgan fingerprint density at radius 3 is 2.41 bits per heavy atom. The van der Waals surface area contributed by atoms with Crippen LogP contribution in [0.1, 0.15) is 118 Å². The van der Waals surface area contributed by atoms with Crippen molar-refractivity contribution in [3.63, 3.8) is 0 Å². The first-order chi connectivity index (χ1) is 15.3. The van der Waals surface area contributed by atoms with Crippen LogP contribution in [-0.2, 0) is 0 Å². The zero-order valence-corrected chi connectivity index (χ0v) is 22.2. The Bertz CT molecular complexity index is 687. The van der Waals surface area contributed by atoms with E-state index in [2.05, 4.69) is 45.6 Å². The number of rotatable bonds is 6. The van der Waals surface area contributed by atoms with Gasteiger partial charge < -0.3 is 4.90 Å². The van der Waals surface area contributed by atoms with Crippen molar-refractivity contribution in [1.82, 2.24) is 4.90 Å². The van der Waals surface area contributed by atoms with E-state index in [0.29, 0.717) is 10.8 Å². The Morgan fingerprint density at radius 2 is 1.66 bits per heavy atom. The molecule has 4 fully saturated rings. The van der Waals surface area contributed by atoms with Gasteiger partial charge in [-0.2, -0.15) is 0 Å². The van der Waals surface area contributed by atoms with E-state index in [0.717, 1.165) is 41.4 Å². The van der Waals surface area contributed by atoms with Crippen molar-refractivity contribution in [2.45, 2.75) is 118 Å². The van der Waals surface area contributed by atoms with E-state index >= 15 is 0 Å². The van der Waals surface area contributed by atoms with Crippen molar-refractivity contribution in [3.8, 4) is 0 Å². The summed E-state index contributed by atoms with van der Waals surface area (Å²) in [6.07, 6.45) is 21.9. The molecule has 0 aromatic heterocycles. The molecule has 0 spiro atoms. The third-order valence-electron chi connectivity index (χ3n) is 12.0. The Morgan fingerprint density at radius 1 is 0.906 bits per heavy atom. The van der Waals surface area contributed by atoms with Gasteiger partial charge in [-0.15, -0.1) is 0 Å². The summed E-state index contributed by atoms with van der Waals surface area (Å²) in [6.45, 7) is 15.6. The number of likely N-dealkylation sites (tertiary alicyclic amines) is 1. The van der Waals surface area contributed by atoms with Gasteiger partial charge in [-0.25, -0.2) is 0 Å². The monoisotopic (exact) mass is 439 g/mol. The molecule has 5 rings (SSSR count). The van der Waals surface area contributed by atoms with Gasteiger partial charge >= 0.3 is 0 Å². The molecule has 0 aromatic carbocycles. The van der Waals surface area contributed by atoms with E-state index in [1.165, 1.54) is 83.7 Å². The molecule has 0 radical (unpaired) electrons. The zero-order chi connectivity index (χ0) is 22.5. The van der Waals surface area contributed by atoms with Gasteiger partial charge in [0.1, 0.15) is 0 Å². The fourth-order valence-corrected chi connectivity index (χ4v) is 10.1. The fraction of sp³-hybridized carbons (Fsp3) is 0.935. The molecule has 1 aliphatic heterocycles. The number of allylic oxidation sites excluding steroid dienone is 2. The molecule has 1 heterocycles. The number of hydrogen-bond acceptors (Lipinski definition) is 1. The molecule has 32 heavy (non-hydrogen) atoms. The molecule has 182 valence electrons. The highest BCUT2D eigenvalue weighted by atomic mass is 15.1. The van der Waals surface area contributed by atoms with E-state index in [9.17, 15) is 0 Å². The number of nitrogens with zero attached hydrogens (tertiary/aromatic N) is 1. The molecule has 1 heteroatoms. The summed E-state index contributed by atoms with van der Waals surface area (Å²) in [5, 5.41) is 0. The van der Waals surface area contributed by atoms with Gasteiger partial charge in [-0.3, -0.25) is 0 Å². The van der Waals surface area contributed by atoms with Crippen LogP contribution < -0.4 is 0 Å². The number of hydrogen-bond donors (Lipinski definition) is 0. The molecule has 1 saturated heterocycles. The second-order valence-corrected chi connectivity index (χ2v) is 14.0. The Labute approximate surface area is 200 Å². The fourth-order valence-electron chi connectivity index (χ4n) is 10.1. The van der Waals surface area contributed by atoms with E-state index in [1.807, 2.05) is 0 Å². The lowest BCUT2D eigenvalue weighted by atomic mass is 9.45. The van der Waals surface area contributed by atoms with Crippen LogP contribution in [0.2, 0.25) is 0 Å². The average Bonchev–Trinajstić information content (AvgIpc) is 3.40. The minimum absolute atomic E-state index is 0.592. The second-order valence-electron chi connectivity index (χ2n) is 14.0. The molecule has 3 saturated carbocycles. The van der Waals surface area contributed by atoms with E-state index in [-0.39, 0.29) is 0 Å². The first kappa shape index (κ1) is 23.3. The molecular formula is C31H53N. The summed E-state index contributed by atoms with van der Waals surface area (Å²) in [5.74, 6) is 6.83. The molecule has 5 aliphatic rings. The summed E-state index contributed by atoms with van der Waals surface area (Å²) in [6, 6.07) is 0. The molecular weight excluding hydrogens is 386 g/mol. The average molecular weight is 440 g/mol. The lowest BCUT2D eigenvalue weighted by Gasteiger charge is -2.60. The molecule has 0 amide bonds. The van der Waals surface area contributed by atoms with Crippen molar-refractivity contribution < 1.29 is 0 Å². The SMILES string of the molecule is CC(C)CCC[C@@H](C)[C@@H]1CC[C@@H]2[C@H]3CC[C@H]4CC(N5CCCC5)=CC[C@]4(C)[C@@H]3CC[C@@]21C. The Hall–Kier alpha value is -0.460. The van der Waals surface area contributed by atoms with Crippen LogP contribution in [0.4, 0.5) is 0 Å². The highest BCUT2D eigenvalue weighted by molar-refractivity contribution is 5.17. The molecule has 0 bridgehead atoms. The van der Waals surface area contributed by atoms with Crippen molar-refractivity contribution in [3.05, 3.63) is 11.8 Å². The maximum absolute atomic E-state index is 2.76. The van der Waals surface area contributed by atoms with Crippen LogP contribution in [0, 0.1) is 52.3 Å². The van der Waals surface area contributed by atoms with Crippen LogP contribution in [0.25, 0.3) is 0 Å². The predicted molar refractivity (Wildman–Crippen MR) is 137 cm³/mol. The molecule has 4 aliphatic carbocycles. The Kier molecular flexibility index (Phi) is 6.52. The first-order valence-corrected chi connectivity index (χ1v) is 14.8. The molecule has 0 unspecified atom stereocenters. The highest BCUT2D eigenvalue weighted by Crippen LogP contribution is 2.68. The summed E-state index contributed by atoms with van der Waals surface area (Å²) in [5.41, 5.74) is 2.97. The van der Waals surface area contributed by atoms with Crippen LogP contribution in [0.5, 0.6) is 0 Å². The maximum atomic E-state index is 2.76. The van der Waals surface area contributed by atoms with E-state index in [4.69, 9.17) is 0 Å². The minimum Gasteiger partial charge on any atom is -0.375 e. The van der Waals surface area contributed by atoms with Gasteiger partial charge in [0.25, 0.3) is 0 Å². The number of fused-ring (bicyclic) bond motifs is 5. The van der Waals surface area contributed by atoms with Gasteiger partial charge in [-0.05, 0) is 116 Å². The third-order valence-corrected chi connectivity index (χ3v) is 12.0. The van der Waals surface area contributed by atoms with Crippen LogP contribution in [0.3, 0.4) is 0 Å². The summed E-state index contributed by atoms with van der Waals surface area (Å²) < 4.78 is 0. The minimum atomic E-state index is 0.592. The van der Waals surface area contributed by atoms with Gasteiger partial charge in [0.05, 0.1) is 0 Å². The maximum Gasteiger partial charge on any atom is 0.0175 e. The lowest BCUT2D eigenvalue weighted by molar-refractivity contribution is -0.103. The lowest BCUT2D eigenvalue weighted by Crippen LogP contribution is -2.53. The normalized spacial score (nSPS) is 44.8. The van der Waals surface area contributed by atoms with Crippen LogP contribution in [0.15, 0.2) is 11.8 Å². The zero-order valence-electron chi connectivity index (χ0n) is 22.2. The van der Waals surface area contributed by atoms with E-state index in [1.54, 1.807) is 18.5 Å². The van der Waals surface area contributed by atoms with Crippen LogP contribution >= 0.6 is 0 Å². The van der Waals surface area contributed by atoms with Crippen molar-refractivity contribution in [2.24, 2.45) is 52.3 Å². The van der Waals surface area contributed by atoms with Gasteiger partial charge in [-0.1, -0.05) is 60.0 Å². The van der Waals surface area contributed by atoms with Crippen molar-refractivity contribution >= 4 is 0 Å². The standard InChI is InChI=1S/C31H53N/c1-22(2)9-8-10-23(3)27-13-14-28-26-12-11-24-21-25(32-19-6-7-20-32)15-17-30(24,4)29(26)16-18-31(27,28)5/h15,22-24,26-29H,6-14,16-21H2,1-5H3/t23-,24+,26-,27+,28-,29-,30+,31-/m1/s1. The molecule has 1 nitrogen and oxygen atoms in total. The van der Waals surface area contributed by atoms with Crippen molar-refractivity contribution in [2.75, 3.05) is 13.1 Å². The smallest absolute Gasteiger partial charge is 0.0175 e. The largest absolute Gasteiger partial charge is 0.375 e. The second kappa shape index (κ2) is 8.96. The quantitative estimate of drug-likeness (QED) is 0.400. The Balaban J connectivity index is 1.28. The first-order valence-electron chi connectivity index (χ1n) is 14.8. The van der Waals surface area contributed by atoms with Crippen molar-refractivity contribution in [1.29, 1.82) is 0 Å². The third kappa shape index (κ3) is 3.90. The molecule has 0 aromatic rings. The van der Waals surface area contributed by atoms with Gasteiger partial charge in [0.2, 0.25) is 0 Å². The predicted octanol–water partition coefficient (Wildman–Crippen LogP) is 8.70. The molecule has 8 atom stereocenters. The van der Waals surface area contributed by atoms with Gasteiger partial charge in [0.15, 0.2) is 0 Å².